The summed E-state index contributed by atoms with van der Waals surface area (Å²) >= 11 is 0. The third kappa shape index (κ3) is 5.20. The van der Waals surface area contributed by atoms with Crippen LogP contribution in [0.5, 0.6) is 5.75 Å². The van der Waals surface area contributed by atoms with Gasteiger partial charge in [-0.3, -0.25) is 4.98 Å². The fraction of sp³-hybridized carbons (Fsp3) is 0.389. The van der Waals surface area contributed by atoms with Gasteiger partial charge in [0.25, 0.3) is 0 Å². The van der Waals surface area contributed by atoms with Crippen molar-refractivity contribution in [3.8, 4) is 5.75 Å². The van der Waals surface area contributed by atoms with Gasteiger partial charge in [-0.25, -0.2) is 0 Å². The zero-order chi connectivity index (χ0) is 14.9. The lowest BCUT2D eigenvalue weighted by Crippen LogP contribution is -2.15. The van der Waals surface area contributed by atoms with E-state index >= 15 is 0 Å². The Morgan fingerprint density at radius 1 is 1.10 bits per heavy atom. The first-order valence-electron chi connectivity index (χ1n) is 7.63. The summed E-state index contributed by atoms with van der Waals surface area (Å²) in [6.07, 6.45) is 2.06. The van der Waals surface area contributed by atoms with Gasteiger partial charge in [0.2, 0.25) is 0 Å². The first-order chi connectivity index (χ1) is 10.3. The summed E-state index contributed by atoms with van der Waals surface area (Å²) in [6.45, 7) is 6.51. The number of aromatic nitrogens is 1. The van der Waals surface area contributed by atoms with Crippen LogP contribution in [0.4, 0.5) is 0 Å². The molecule has 0 saturated heterocycles. The molecule has 0 spiro atoms. The molecule has 3 heteroatoms. The lowest BCUT2D eigenvalue weighted by molar-refractivity contribution is 0.305. The first kappa shape index (κ1) is 15.5. The number of nitrogens with zero attached hydrogens (tertiary/aromatic N) is 1. The van der Waals surface area contributed by atoms with E-state index in [-0.39, 0.29) is 0 Å². The average molecular weight is 284 g/mol. The second kappa shape index (κ2) is 8.42. The number of aryl methyl sites for hydroxylation is 2. The molecule has 0 radical (unpaired) electrons. The van der Waals surface area contributed by atoms with Crippen molar-refractivity contribution >= 4 is 0 Å². The standard InChI is InChI=1S/C18H24N2O/c1-3-19-14-17-18(12-11-15(2)20-17)21-13-7-10-16-8-5-4-6-9-16/h4-6,8-9,11-12,19H,3,7,10,13-14H2,1-2H3. The minimum Gasteiger partial charge on any atom is -0.492 e. The van der Waals surface area contributed by atoms with E-state index in [0.717, 1.165) is 49.7 Å². The zero-order valence-corrected chi connectivity index (χ0v) is 12.9. The molecule has 2 rings (SSSR count). The normalized spacial score (nSPS) is 10.6. The van der Waals surface area contributed by atoms with Gasteiger partial charge in [0, 0.05) is 12.2 Å². The summed E-state index contributed by atoms with van der Waals surface area (Å²) in [7, 11) is 0. The average Bonchev–Trinajstić information content (AvgIpc) is 2.52. The summed E-state index contributed by atoms with van der Waals surface area (Å²) in [6, 6.07) is 14.5. The van der Waals surface area contributed by atoms with Crippen molar-refractivity contribution in [2.24, 2.45) is 0 Å². The molecule has 0 amide bonds. The van der Waals surface area contributed by atoms with Crippen LogP contribution in [0.15, 0.2) is 42.5 Å². The maximum absolute atomic E-state index is 5.91. The number of rotatable bonds is 8. The first-order valence-corrected chi connectivity index (χ1v) is 7.63. The van der Waals surface area contributed by atoms with Gasteiger partial charge in [0.05, 0.1) is 12.3 Å². The number of ether oxygens (including phenoxy) is 1. The van der Waals surface area contributed by atoms with E-state index in [1.165, 1.54) is 5.56 Å². The Balaban J connectivity index is 1.84. The Morgan fingerprint density at radius 2 is 1.90 bits per heavy atom. The molecule has 1 aromatic heterocycles. The van der Waals surface area contributed by atoms with Crippen LogP contribution in [0.2, 0.25) is 0 Å². The van der Waals surface area contributed by atoms with Crippen LogP contribution in [0.3, 0.4) is 0 Å². The van der Waals surface area contributed by atoms with E-state index in [2.05, 4.69) is 41.5 Å². The Morgan fingerprint density at radius 3 is 2.67 bits per heavy atom. The molecule has 112 valence electrons. The minimum absolute atomic E-state index is 0.721. The third-order valence-electron chi connectivity index (χ3n) is 3.32. The van der Waals surface area contributed by atoms with Crippen LogP contribution in [0.1, 0.15) is 30.3 Å². The molecule has 1 N–H and O–H groups in total. The van der Waals surface area contributed by atoms with Gasteiger partial charge in [-0.05, 0) is 44.0 Å². The predicted octanol–water partition coefficient (Wildman–Crippen LogP) is 3.51. The second-order valence-electron chi connectivity index (χ2n) is 5.12. The summed E-state index contributed by atoms with van der Waals surface area (Å²) in [4.78, 5) is 4.56. The van der Waals surface area contributed by atoms with Gasteiger partial charge in [-0.1, -0.05) is 37.3 Å². The molecule has 0 saturated carbocycles. The molecule has 0 aliphatic rings. The number of pyridine rings is 1. The van der Waals surface area contributed by atoms with Crippen LogP contribution >= 0.6 is 0 Å². The van der Waals surface area contributed by atoms with E-state index in [9.17, 15) is 0 Å². The Kier molecular flexibility index (Phi) is 6.22. The number of hydrogen-bond donors (Lipinski definition) is 1. The molecular formula is C18H24N2O. The van der Waals surface area contributed by atoms with Crippen molar-refractivity contribution in [2.45, 2.75) is 33.2 Å². The Hall–Kier alpha value is -1.87. The quantitative estimate of drug-likeness (QED) is 0.753. The molecule has 3 nitrogen and oxygen atoms in total. The lowest BCUT2D eigenvalue weighted by Gasteiger charge is -2.12. The van der Waals surface area contributed by atoms with Crippen LogP contribution < -0.4 is 10.1 Å². The van der Waals surface area contributed by atoms with E-state index in [0.29, 0.717) is 0 Å². The molecule has 0 atom stereocenters. The molecule has 0 aliphatic carbocycles. The molecule has 1 heterocycles. The Labute approximate surface area is 127 Å². The molecule has 0 bridgehead atoms. The van der Waals surface area contributed by atoms with E-state index in [1.54, 1.807) is 0 Å². The zero-order valence-electron chi connectivity index (χ0n) is 12.9. The minimum atomic E-state index is 0.721. The molecule has 0 unspecified atom stereocenters. The molecule has 1 aromatic carbocycles. The monoisotopic (exact) mass is 284 g/mol. The van der Waals surface area contributed by atoms with Gasteiger partial charge < -0.3 is 10.1 Å². The van der Waals surface area contributed by atoms with Gasteiger partial charge >= 0.3 is 0 Å². The van der Waals surface area contributed by atoms with Gasteiger partial charge in [0.15, 0.2) is 0 Å². The topological polar surface area (TPSA) is 34.2 Å². The summed E-state index contributed by atoms with van der Waals surface area (Å²) < 4.78 is 5.91. The van der Waals surface area contributed by atoms with Gasteiger partial charge in [-0.2, -0.15) is 0 Å². The van der Waals surface area contributed by atoms with Crippen molar-refractivity contribution in [1.29, 1.82) is 0 Å². The smallest absolute Gasteiger partial charge is 0.142 e. The lowest BCUT2D eigenvalue weighted by atomic mass is 10.1. The highest BCUT2D eigenvalue weighted by atomic mass is 16.5. The van der Waals surface area contributed by atoms with Crippen molar-refractivity contribution in [3.63, 3.8) is 0 Å². The van der Waals surface area contributed by atoms with Crippen LogP contribution in [0, 0.1) is 6.92 Å². The molecule has 2 aromatic rings. The fourth-order valence-corrected chi connectivity index (χ4v) is 2.20. The van der Waals surface area contributed by atoms with Crippen molar-refractivity contribution in [3.05, 3.63) is 59.4 Å². The maximum atomic E-state index is 5.91. The van der Waals surface area contributed by atoms with E-state index < -0.39 is 0 Å². The predicted molar refractivity (Wildman–Crippen MR) is 86.6 cm³/mol. The highest BCUT2D eigenvalue weighted by Crippen LogP contribution is 2.17. The maximum Gasteiger partial charge on any atom is 0.142 e. The largest absolute Gasteiger partial charge is 0.492 e. The van der Waals surface area contributed by atoms with Crippen molar-refractivity contribution < 1.29 is 4.74 Å². The Bertz CT molecular complexity index is 540. The highest BCUT2D eigenvalue weighted by Gasteiger charge is 2.05. The van der Waals surface area contributed by atoms with Crippen LogP contribution in [-0.4, -0.2) is 18.1 Å². The van der Waals surface area contributed by atoms with E-state index in [1.807, 2.05) is 25.1 Å². The van der Waals surface area contributed by atoms with E-state index in [4.69, 9.17) is 4.74 Å². The van der Waals surface area contributed by atoms with Crippen LogP contribution in [0.25, 0.3) is 0 Å². The number of benzene rings is 1. The molecular weight excluding hydrogens is 260 g/mol. The molecule has 0 aliphatic heterocycles. The molecule has 0 fully saturated rings. The summed E-state index contributed by atoms with van der Waals surface area (Å²) in [5, 5.41) is 3.31. The third-order valence-corrected chi connectivity index (χ3v) is 3.32. The summed E-state index contributed by atoms with van der Waals surface area (Å²) in [5.41, 5.74) is 3.38. The SMILES string of the molecule is CCNCc1nc(C)ccc1OCCCc1ccccc1. The van der Waals surface area contributed by atoms with Gasteiger partial charge in [0.1, 0.15) is 5.75 Å². The van der Waals surface area contributed by atoms with Crippen molar-refractivity contribution in [1.82, 2.24) is 10.3 Å². The molecule has 21 heavy (non-hydrogen) atoms. The van der Waals surface area contributed by atoms with Gasteiger partial charge in [-0.15, -0.1) is 0 Å². The second-order valence-corrected chi connectivity index (χ2v) is 5.12. The fourth-order valence-electron chi connectivity index (χ4n) is 2.20. The van der Waals surface area contributed by atoms with Crippen LogP contribution in [-0.2, 0) is 13.0 Å². The highest BCUT2D eigenvalue weighted by molar-refractivity contribution is 5.29. The summed E-state index contributed by atoms with van der Waals surface area (Å²) in [5.74, 6) is 0.898. The number of nitrogens with one attached hydrogen (secondary N) is 1. The number of hydrogen-bond acceptors (Lipinski definition) is 3. The van der Waals surface area contributed by atoms with Crippen molar-refractivity contribution in [2.75, 3.05) is 13.2 Å².